The highest BCUT2D eigenvalue weighted by atomic mass is 32.1. The molecule has 0 radical (unpaired) electrons. The molecule has 52 heavy (non-hydrogen) atoms. The monoisotopic (exact) mass is 681 g/mol. The van der Waals surface area contributed by atoms with E-state index in [4.69, 9.17) is 4.98 Å². The maximum absolute atomic E-state index is 5.01. The zero-order valence-electron chi connectivity index (χ0n) is 27.7. The first-order chi connectivity index (χ1) is 25.8. The highest BCUT2D eigenvalue weighted by molar-refractivity contribution is 7.26. The minimum Gasteiger partial charge on any atom is -0.309 e. The van der Waals surface area contributed by atoms with Crippen LogP contribution >= 0.6 is 11.3 Å². The molecule has 0 N–H and O–H groups in total. The van der Waals surface area contributed by atoms with Crippen molar-refractivity contribution in [2.75, 3.05) is 0 Å². The van der Waals surface area contributed by atoms with Crippen molar-refractivity contribution in [3.8, 4) is 17.2 Å². The summed E-state index contributed by atoms with van der Waals surface area (Å²) >= 11 is 1.76. The summed E-state index contributed by atoms with van der Waals surface area (Å²) in [5.74, 6) is 0.951. The van der Waals surface area contributed by atoms with E-state index < -0.39 is 0 Å². The molecule has 0 unspecified atom stereocenters. The molecule has 0 spiro atoms. The molecule has 0 aliphatic carbocycles. The number of benzene rings is 6. The van der Waals surface area contributed by atoms with Gasteiger partial charge in [-0.15, -0.1) is 11.3 Å². The largest absolute Gasteiger partial charge is 0.309 e. The van der Waals surface area contributed by atoms with E-state index in [2.05, 4.69) is 164 Å². The summed E-state index contributed by atoms with van der Waals surface area (Å²) in [5, 5.41) is 9.82. The topological polar surface area (TPSA) is 40.6 Å². The molecule has 0 bridgehead atoms. The van der Waals surface area contributed by atoms with Crippen LogP contribution in [-0.2, 0) is 0 Å². The molecule has 0 fully saturated rings. The third-order valence-electron chi connectivity index (χ3n) is 10.8. The molecule has 12 aromatic rings. The van der Waals surface area contributed by atoms with Gasteiger partial charge in [0, 0.05) is 73.1 Å². The van der Waals surface area contributed by atoms with E-state index >= 15 is 0 Å². The summed E-state index contributed by atoms with van der Waals surface area (Å²) in [7, 11) is 0. The van der Waals surface area contributed by atoms with Gasteiger partial charge in [0.25, 0.3) is 0 Å². The van der Waals surface area contributed by atoms with Crippen LogP contribution in [0, 0.1) is 0 Å². The lowest BCUT2D eigenvalue weighted by atomic mass is 10.1. The zero-order valence-corrected chi connectivity index (χ0v) is 28.5. The minimum absolute atomic E-state index is 0.951. The summed E-state index contributed by atoms with van der Waals surface area (Å²) < 4.78 is 9.49. The number of hydrogen-bond donors (Lipinski definition) is 0. The van der Waals surface area contributed by atoms with Crippen LogP contribution in [0.2, 0.25) is 0 Å². The second-order valence-corrected chi connectivity index (χ2v) is 14.5. The Kier molecular flexibility index (Phi) is 5.59. The third-order valence-corrected chi connectivity index (χ3v) is 11.9. The predicted molar refractivity (Wildman–Crippen MR) is 218 cm³/mol. The summed E-state index contributed by atoms with van der Waals surface area (Å²) in [6, 6.07) is 52.9. The number of para-hydroxylation sites is 4. The summed E-state index contributed by atoms with van der Waals surface area (Å²) in [5.41, 5.74) is 9.36. The maximum atomic E-state index is 5.01. The first-order valence-corrected chi connectivity index (χ1v) is 18.3. The third kappa shape index (κ3) is 3.71. The molecule has 0 amide bonds. The van der Waals surface area contributed by atoms with Crippen molar-refractivity contribution in [1.29, 1.82) is 0 Å². The minimum atomic E-state index is 0.951. The van der Waals surface area contributed by atoms with Crippen LogP contribution in [0.1, 0.15) is 0 Å². The Morgan fingerprint density at radius 1 is 0.385 bits per heavy atom. The molecule has 0 aliphatic rings. The van der Waals surface area contributed by atoms with E-state index in [1.165, 1.54) is 74.6 Å². The fraction of sp³-hybridized carbons (Fsp3) is 0. The fourth-order valence-electron chi connectivity index (χ4n) is 8.61. The second kappa shape index (κ2) is 10.4. The maximum Gasteiger partial charge on any atom is 0.155 e. The number of hydrogen-bond acceptors (Lipinski definition) is 3. The number of rotatable bonds is 3. The van der Waals surface area contributed by atoms with Crippen LogP contribution in [0.4, 0.5) is 0 Å². The van der Waals surface area contributed by atoms with Crippen molar-refractivity contribution in [2.24, 2.45) is 0 Å². The fourth-order valence-corrected chi connectivity index (χ4v) is 9.75. The van der Waals surface area contributed by atoms with E-state index in [0.29, 0.717) is 0 Å². The standard InChI is InChI=1S/C46H27N5S/c1-5-13-38-30(9-1)31-10-2-6-14-39(31)49(38)28-17-19-42-36(25-28)32-11-3-7-15-40(32)50(42)29-18-20-43-37(26-29)33-12-4-8-16-41(33)51(43)46-45-35(22-24-48-46)34-21-23-47-27-44(34)52-45/h1-27H. The lowest BCUT2D eigenvalue weighted by Gasteiger charge is -2.11. The van der Waals surface area contributed by atoms with Crippen molar-refractivity contribution in [3.63, 3.8) is 0 Å². The average molecular weight is 682 g/mol. The van der Waals surface area contributed by atoms with Crippen LogP contribution < -0.4 is 0 Å². The van der Waals surface area contributed by atoms with Crippen molar-refractivity contribution in [2.45, 2.75) is 0 Å². The molecule has 0 saturated carbocycles. The molecule has 12 rings (SSSR count). The predicted octanol–water partition coefficient (Wildman–Crippen LogP) is 12.1. The Morgan fingerprint density at radius 2 is 0.846 bits per heavy atom. The highest BCUT2D eigenvalue weighted by Crippen LogP contribution is 2.41. The summed E-state index contributed by atoms with van der Waals surface area (Å²) in [4.78, 5) is 9.41. The van der Waals surface area contributed by atoms with Crippen LogP contribution in [0.25, 0.3) is 103 Å². The first kappa shape index (κ1) is 28.0. The van der Waals surface area contributed by atoms with E-state index in [0.717, 1.165) is 28.2 Å². The molecule has 6 heteroatoms. The van der Waals surface area contributed by atoms with Gasteiger partial charge in [-0.25, -0.2) is 4.98 Å². The molecule has 5 nitrogen and oxygen atoms in total. The summed E-state index contributed by atoms with van der Waals surface area (Å²) in [6.07, 6.45) is 5.76. The van der Waals surface area contributed by atoms with Gasteiger partial charge in [-0.1, -0.05) is 72.8 Å². The van der Waals surface area contributed by atoms with Gasteiger partial charge in [-0.3, -0.25) is 9.55 Å². The van der Waals surface area contributed by atoms with Gasteiger partial charge >= 0.3 is 0 Å². The van der Waals surface area contributed by atoms with E-state index in [1.807, 2.05) is 18.6 Å². The lowest BCUT2D eigenvalue weighted by Crippen LogP contribution is -1.98. The van der Waals surface area contributed by atoms with Crippen molar-refractivity contribution in [3.05, 3.63) is 164 Å². The molecular formula is C46H27N5S. The van der Waals surface area contributed by atoms with Gasteiger partial charge in [-0.2, -0.15) is 0 Å². The molecule has 0 saturated heterocycles. The quantitative estimate of drug-likeness (QED) is 0.186. The van der Waals surface area contributed by atoms with E-state index in [-0.39, 0.29) is 0 Å². The van der Waals surface area contributed by atoms with Crippen molar-refractivity contribution < 1.29 is 0 Å². The summed E-state index contributed by atoms with van der Waals surface area (Å²) in [6.45, 7) is 0. The molecule has 6 aromatic carbocycles. The van der Waals surface area contributed by atoms with Crippen LogP contribution in [-0.4, -0.2) is 23.7 Å². The van der Waals surface area contributed by atoms with Crippen molar-refractivity contribution in [1.82, 2.24) is 23.7 Å². The molecular weight excluding hydrogens is 655 g/mol. The lowest BCUT2D eigenvalue weighted by molar-refractivity contribution is 1.10. The Bertz CT molecular complexity index is 3380. The Morgan fingerprint density at radius 3 is 1.42 bits per heavy atom. The van der Waals surface area contributed by atoms with Gasteiger partial charge in [0.05, 0.1) is 42.5 Å². The molecule has 0 aliphatic heterocycles. The molecule has 6 aromatic heterocycles. The average Bonchev–Trinajstić information content (AvgIpc) is 3.94. The van der Waals surface area contributed by atoms with Crippen LogP contribution in [0.15, 0.2) is 164 Å². The highest BCUT2D eigenvalue weighted by Gasteiger charge is 2.20. The number of thiophene rings is 1. The smallest absolute Gasteiger partial charge is 0.155 e. The Hall–Kier alpha value is -6.76. The van der Waals surface area contributed by atoms with E-state index in [9.17, 15) is 0 Å². The van der Waals surface area contributed by atoms with Gasteiger partial charge in [0.1, 0.15) is 0 Å². The normalized spacial score (nSPS) is 12.2. The number of nitrogens with zero attached hydrogens (tertiary/aromatic N) is 5. The Balaban J connectivity index is 1.10. The molecule has 6 heterocycles. The van der Waals surface area contributed by atoms with E-state index in [1.54, 1.807) is 11.3 Å². The van der Waals surface area contributed by atoms with Gasteiger partial charge in [-0.05, 0) is 72.8 Å². The van der Waals surface area contributed by atoms with Crippen LogP contribution in [0.3, 0.4) is 0 Å². The Labute approximate surface area is 300 Å². The first-order valence-electron chi connectivity index (χ1n) is 17.5. The molecule has 0 atom stereocenters. The van der Waals surface area contributed by atoms with Crippen molar-refractivity contribution >= 4 is 96.9 Å². The van der Waals surface area contributed by atoms with Gasteiger partial charge < -0.3 is 9.13 Å². The second-order valence-electron chi connectivity index (χ2n) is 13.5. The SMILES string of the molecule is c1ccc2c(c1)c1ccccc1n2-c1ccc2c(c1)c1ccccc1n2-c1ccc2c(c1)c1ccccc1n2-c1nccc2c1sc1cnccc12. The molecule has 242 valence electrons. The van der Waals surface area contributed by atoms with Crippen LogP contribution in [0.5, 0.6) is 0 Å². The van der Waals surface area contributed by atoms with Gasteiger partial charge in [0.15, 0.2) is 5.82 Å². The zero-order chi connectivity index (χ0) is 33.9. The van der Waals surface area contributed by atoms with Gasteiger partial charge in [0.2, 0.25) is 0 Å². The number of fused-ring (bicyclic) bond motifs is 12. The number of pyridine rings is 2. The number of aromatic nitrogens is 5.